The summed E-state index contributed by atoms with van der Waals surface area (Å²) < 4.78 is 19.2. The number of aromatic nitrogens is 3. The van der Waals surface area contributed by atoms with E-state index in [0.717, 1.165) is 48.5 Å². The number of rotatable bonds is 7. The van der Waals surface area contributed by atoms with E-state index >= 15 is 0 Å². The van der Waals surface area contributed by atoms with E-state index in [-0.39, 0.29) is 11.7 Å². The maximum Gasteiger partial charge on any atom is 0.220 e. The minimum absolute atomic E-state index is 0.0234. The molecule has 1 saturated carbocycles. The van der Waals surface area contributed by atoms with Gasteiger partial charge in [0, 0.05) is 31.1 Å². The molecule has 0 radical (unpaired) electrons. The van der Waals surface area contributed by atoms with Crippen LogP contribution in [0.4, 0.5) is 4.39 Å². The van der Waals surface area contributed by atoms with Crippen molar-refractivity contribution >= 4 is 5.91 Å². The molecule has 3 aromatic rings. The Morgan fingerprint density at radius 1 is 1.19 bits per heavy atom. The Morgan fingerprint density at radius 2 is 1.97 bits per heavy atom. The molecular formula is C25H29FN4O2. The molecule has 1 amide bonds. The van der Waals surface area contributed by atoms with Crippen LogP contribution < -0.4 is 5.32 Å². The highest BCUT2D eigenvalue weighted by molar-refractivity contribution is 5.76. The number of carbonyl (C=O) groups excluding carboxylic acids is 1. The van der Waals surface area contributed by atoms with Crippen LogP contribution in [0.15, 0.2) is 41.1 Å². The second-order valence-corrected chi connectivity index (χ2v) is 8.66. The van der Waals surface area contributed by atoms with E-state index in [2.05, 4.69) is 15.5 Å². The third-order valence-corrected chi connectivity index (χ3v) is 6.23. The number of amides is 1. The number of benzene rings is 1. The van der Waals surface area contributed by atoms with E-state index in [4.69, 9.17) is 9.51 Å². The lowest BCUT2D eigenvalue weighted by atomic mass is 9.79. The van der Waals surface area contributed by atoms with Crippen LogP contribution in [0.25, 0.3) is 11.3 Å². The van der Waals surface area contributed by atoms with Gasteiger partial charge >= 0.3 is 0 Å². The van der Waals surface area contributed by atoms with Gasteiger partial charge < -0.3 is 9.84 Å². The topological polar surface area (TPSA) is 80.9 Å². The molecule has 2 aromatic heterocycles. The fourth-order valence-electron chi connectivity index (χ4n) is 4.41. The van der Waals surface area contributed by atoms with E-state index in [1.165, 1.54) is 6.07 Å². The second kappa shape index (κ2) is 10.0. The predicted octanol–water partition coefficient (Wildman–Crippen LogP) is 4.91. The standard InChI is InChI=1S/C25H29FN4O2/c1-16-13-23(32-30-16)21-15-27-17(2)29-25(21)20-9-7-18(8-10-20)14-28-24(31)12-11-19-5-3-4-6-22(19)26/h3-6,13,15,18,20H,7-12,14H2,1-2H3,(H,28,31). The zero-order valence-corrected chi connectivity index (χ0v) is 18.6. The minimum Gasteiger partial charge on any atom is -0.356 e. The molecule has 4 rings (SSSR count). The largest absolute Gasteiger partial charge is 0.356 e. The summed E-state index contributed by atoms with van der Waals surface area (Å²) in [7, 11) is 0. The Hall–Kier alpha value is -3.09. The first-order valence-electron chi connectivity index (χ1n) is 11.3. The zero-order chi connectivity index (χ0) is 22.5. The van der Waals surface area contributed by atoms with E-state index in [9.17, 15) is 9.18 Å². The van der Waals surface area contributed by atoms with Gasteiger partial charge in [-0.3, -0.25) is 4.79 Å². The number of hydrogen-bond acceptors (Lipinski definition) is 5. The summed E-state index contributed by atoms with van der Waals surface area (Å²) in [6, 6.07) is 8.53. The Labute approximate surface area is 187 Å². The highest BCUT2D eigenvalue weighted by atomic mass is 19.1. The molecule has 1 aliphatic rings. The first-order chi connectivity index (χ1) is 15.5. The number of nitrogens with zero attached hydrogens (tertiary/aromatic N) is 3. The van der Waals surface area contributed by atoms with Gasteiger partial charge in [-0.25, -0.2) is 14.4 Å². The first-order valence-corrected chi connectivity index (χ1v) is 11.3. The molecule has 1 aromatic carbocycles. The molecule has 0 aliphatic heterocycles. The van der Waals surface area contributed by atoms with Crippen LogP contribution in [0.2, 0.25) is 0 Å². The Balaban J connectivity index is 1.29. The second-order valence-electron chi connectivity index (χ2n) is 8.66. The molecular weight excluding hydrogens is 407 g/mol. The molecule has 0 atom stereocenters. The van der Waals surface area contributed by atoms with Gasteiger partial charge in [0.05, 0.1) is 17.0 Å². The van der Waals surface area contributed by atoms with Gasteiger partial charge in [-0.15, -0.1) is 0 Å². The van der Waals surface area contributed by atoms with Gasteiger partial charge in [-0.1, -0.05) is 23.4 Å². The normalized spacial score (nSPS) is 18.5. The average molecular weight is 437 g/mol. The van der Waals surface area contributed by atoms with Crippen molar-refractivity contribution in [1.82, 2.24) is 20.4 Å². The van der Waals surface area contributed by atoms with E-state index < -0.39 is 0 Å². The fourth-order valence-corrected chi connectivity index (χ4v) is 4.41. The van der Waals surface area contributed by atoms with Crippen molar-refractivity contribution in [3.05, 3.63) is 65.1 Å². The molecule has 0 bridgehead atoms. The quantitative estimate of drug-likeness (QED) is 0.569. The minimum atomic E-state index is -0.251. The first kappa shape index (κ1) is 22.1. The molecule has 2 heterocycles. The van der Waals surface area contributed by atoms with Gasteiger partial charge in [-0.05, 0) is 63.5 Å². The fraction of sp³-hybridized carbons (Fsp3) is 0.440. The van der Waals surface area contributed by atoms with Crippen LogP contribution >= 0.6 is 0 Å². The van der Waals surface area contributed by atoms with Gasteiger partial charge in [0.15, 0.2) is 5.76 Å². The summed E-state index contributed by atoms with van der Waals surface area (Å²) >= 11 is 0. The lowest BCUT2D eigenvalue weighted by molar-refractivity contribution is -0.121. The maximum atomic E-state index is 13.7. The predicted molar refractivity (Wildman–Crippen MR) is 119 cm³/mol. The van der Waals surface area contributed by atoms with E-state index in [1.54, 1.807) is 18.2 Å². The summed E-state index contributed by atoms with van der Waals surface area (Å²) in [6.07, 6.45) is 6.61. The SMILES string of the molecule is Cc1cc(-c2cnc(C)nc2C2CCC(CNC(=O)CCc3ccccc3F)CC2)on1. The van der Waals surface area contributed by atoms with Crippen molar-refractivity contribution < 1.29 is 13.7 Å². The third kappa shape index (κ3) is 5.39. The van der Waals surface area contributed by atoms with Crippen molar-refractivity contribution in [2.24, 2.45) is 5.92 Å². The number of carbonyl (C=O) groups is 1. The molecule has 1 N–H and O–H groups in total. The Morgan fingerprint density at radius 3 is 2.69 bits per heavy atom. The molecule has 0 saturated heterocycles. The number of nitrogens with one attached hydrogen (secondary N) is 1. The molecule has 1 aliphatic carbocycles. The van der Waals surface area contributed by atoms with Crippen molar-refractivity contribution in [3.63, 3.8) is 0 Å². The number of aryl methyl sites for hydroxylation is 3. The Bertz CT molecular complexity index is 1070. The molecule has 7 heteroatoms. The highest BCUT2D eigenvalue weighted by Gasteiger charge is 2.27. The third-order valence-electron chi connectivity index (χ3n) is 6.23. The number of hydrogen-bond donors (Lipinski definition) is 1. The lowest BCUT2D eigenvalue weighted by Gasteiger charge is -2.29. The molecule has 6 nitrogen and oxygen atoms in total. The van der Waals surface area contributed by atoms with Gasteiger partial charge in [-0.2, -0.15) is 0 Å². The summed E-state index contributed by atoms with van der Waals surface area (Å²) in [5.74, 6) is 1.97. The molecule has 0 unspecified atom stereocenters. The van der Waals surface area contributed by atoms with Gasteiger partial charge in [0.1, 0.15) is 11.6 Å². The van der Waals surface area contributed by atoms with Crippen LogP contribution in [0.5, 0.6) is 0 Å². The van der Waals surface area contributed by atoms with Gasteiger partial charge in [0.25, 0.3) is 0 Å². The monoisotopic (exact) mass is 436 g/mol. The number of halogens is 1. The smallest absolute Gasteiger partial charge is 0.220 e. The van der Waals surface area contributed by atoms with Crippen LogP contribution in [0, 0.1) is 25.6 Å². The van der Waals surface area contributed by atoms with Crippen LogP contribution in [0.3, 0.4) is 0 Å². The molecule has 0 spiro atoms. The summed E-state index contributed by atoms with van der Waals surface area (Å²) in [5, 5.41) is 7.04. The van der Waals surface area contributed by atoms with Crippen molar-refractivity contribution in [2.75, 3.05) is 6.54 Å². The average Bonchev–Trinajstić information content (AvgIpc) is 3.23. The maximum absolute atomic E-state index is 13.7. The van der Waals surface area contributed by atoms with E-state index in [0.29, 0.717) is 42.5 Å². The van der Waals surface area contributed by atoms with Crippen molar-refractivity contribution in [1.29, 1.82) is 0 Å². The molecule has 32 heavy (non-hydrogen) atoms. The lowest BCUT2D eigenvalue weighted by Crippen LogP contribution is -2.31. The zero-order valence-electron chi connectivity index (χ0n) is 18.6. The van der Waals surface area contributed by atoms with Crippen LogP contribution in [-0.4, -0.2) is 27.6 Å². The van der Waals surface area contributed by atoms with E-state index in [1.807, 2.05) is 26.1 Å². The molecule has 168 valence electrons. The summed E-state index contributed by atoms with van der Waals surface area (Å²) in [6.45, 7) is 4.47. The summed E-state index contributed by atoms with van der Waals surface area (Å²) in [5.41, 5.74) is 3.36. The van der Waals surface area contributed by atoms with Crippen molar-refractivity contribution in [3.8, 4) is 11.3 Å². The highest BCUT2D eigenvalue weighted by Crippen LogP contribution is 2.38. The van der Waals surface area contributed by atoms with Crippen LogP contribution in [-0.2, 0) is 11.2 Å². The van der Waals surface area contributed by atoms with Gasteiger partial charge in [0.2, 0.25) is 5.91 Å². The van der Waals surface area contributed by atoms with Crippen molar-refractivity contribution in [2.45, 2.75) is 58.3 Å². The summed E-state index contributed by atoms with van der Waals surface area (Å²) in [4.78, 5) is 21.3. The van der Waals surface area contributed by atoms with Crippen LogP contribution in [0.1, 0.15) is 60.8 Å². The Kier molecular flexibility index (Phi) is 6.93. The molecule has 1 fully saturated rings.